The molecule has 21 heavy (non-hydrogen) atoms. The highest BCUT2D eigenvalue weighted by Gasteiger charge is 2.41. The maximum Gasteiger partial charge on any atom is 0.282 e. The van der Waals surface area contributed by atoms with Crippen molar-refractivity contribution in [2.24, 2.45) is 0 Å². The van der Waals surface area contributed by atoms with Gasteiger partial charge in [-0.3, -0.25) is 4.90 Å². The van der Waals surface area contributed by atoms with E-state index in [1.165, 1.54) is 17.1 Å². The van der Waals surface area contributed by atoms with Crippen LogP contribution in [0.3, 0.4) is 0 Å². The van der Waals surface area contributed by atoms with Gasteiger partial charge in [0.15, 0.2) is 0 Å². The second-order valence-electron chi connectivity index (χ2n) is 6.05. The van der Waals surface area contributed by atoms with Crippen LogP contribution in [0.25, 0.3) is 0 Å². The molecular formula is C15H23N3O2S. The quantitative estimate of drug-likeness (QED) is 0.842. The van der Waals surface area contributed by atoms with Crippen molar-refractivity contribution < 1.29 is 8.42 Å². The summed E-state index contributed by atoms with van der Waals surface area (Å²) in [7, 11) is -0.182. The predicted molar refractivity (Wildman–Crippen MR) is 83.1 cm³/mol. The van der Waals surface area contributed by atoms with E-state index in [4.69, 9.17) is 0 Å². The van der Waals surface area contributed by atoms with E-state index in [-0.39, 0.29) is 6.04 Å². The fourth-order valence-corrected chi connectivity index (χ4v) is 4.23. The zero-order chi connectivity index (χ0) is 15.0. The molecular weight excluding hydrogens is 286 g/mol. The smallest absolute Gasteiger partial charge is 0.282 e. The lowest BCUT2D eigenvalue weighted by Crippen LogP contribution is -2.53. The minimum Gasteiger partial charge on any atom is -0.297 e. The van der Waals surface area contributed by atoms with Gasteiger partial charge in [-0.25, -0.2) is 0 Å². The molecule has 3 rings (SSSR count). The molecule has 2 aliphatic rings. The Morgan fingerprint density at radius 3 is 2.33 bits per heavy atom. The Balaban J connectivity index is 1.91. The van der Waals surface area contributed by atoms with Crippen LogP contribution in [0, 0.1) is 0 Å². The van der Waals surface area contributed by atoms with Crippen molar-refractivity contribution in [1.29, 1.82) is 0 Å². The molecule has 0 aromatic heterocycles. The predicted octanol–water partition coefficient (Wildman–Crippen LogP) is 1.31. The van der Waals surface area contributed by atoms with Gasteiger partial charge in [0.1, 0.15) is 0 Å². The Morgan fingerprint density at radius 2 is 1.76 bits per heavy atom. The Morgan fingerprint density at radius 1 is 1.10 bits per heavy atom. The zero-order valence-electron chi connectivity index (χ0n) is 12.6. The first-order valence-corrected chi connectivity index (χ1v) is 8.88. The van der Waals surface area contributed by atoms with Gasteiger partial charge in [0.2, 0.25) is 0 Å². The van der Waals surface area contributed by atoms with Gasteiger partial charge in [0.25, 0.3) is 10.2 Å². The molecule has 0 spiro atoms. The highest BCUT2D eigenvalue weighted by Crippen LogP contribution is 2.34. The van der Waals surface area contributed by atoms with Crippen LogP contribution >= 0.6 is 0 Å². The average molecular weight is 309 g/mol. The Labute approximate surface area is 127 Å². The van der Waals surface area contributed by atoms with Crippen molar-refractivity contribution in [2.45, 2.75) is 24.9 Å². The second kappa shape index (κ2) is 5.68. The monoisotopic (exact) mass is 309 g/mol. The maximum absolute atomic E-state index is 12.6. The Hall–Kier alpha value is -0.950. The van der Waals surface area contributed by atoms with Crippen LogP contribution in [0.15, 0.2) is 30.3 Å². The summed E-state index contributed by atoms with van der Waals surface area (Å²) in [5, 5.41) is 0. The molecule has 0 radical (unpaired) electrons. The fourth-order valence-electron chi connectivity index (χ4n) is 2.99. The minimum absolute atomic E-state index is 0.0899. The molecule has 0 N–H and O–H groups in total. The number of hydrogen-bond acceptors (Lipinski definition) is 3. The zero-order valence-corrected chi connectivity index (χ0v) is 13.5. The largest absolute Gasteiger partial charge is 0.297 e. The molecule has 1 heterocycles. The molecule has 5 nitrogen and oxygen atoms in total. The summed E-state index contributed by atoms with van der Waals surface area (Å²) in [5.74, 6) is 0. The van der Waals surface area contributed by atoms with E-state index in [0.717, 1.165) is 18.7 Å². The lowest BCUT2D eigenvalue weighted by molar-refractivity contribution is 0.124. The minimum atomic E-state index is -3.39. The molecule has 1 atom stereocenters. The van der Waals surface area contributed by atoms with Crippen molar-refractivity contribution in [3.63, 3.8) is 0 Å². The molecule has 6 heteroatoms. The van der Waals surface area contributed by atoms with Gasteiger partial charge in [0.05, 0.1) is 6.04 Å². The maximum atomic E-state index is 12.6. The summed E-state index contributed by atoms with van der Waals surface area (Å²) in [5.41, 5.74) is 1.08. The number of rotatable bonds is 4. The third kappa shape index (κ3) is 2.99. The van der Waals surface area contributed by atoms with Crippen LogP contribution in [0.4, 0.5) is 0 Å². The van der Waals surface area contributed by atoms with E-state index in [1.54, 1.807) is 18.4 Å². The standard InChI is InChI=1S/C15H23N3O2S/c1-16(2)21(19,20)18-11-10-17(14-8-9-14)12-15(18)13-6-4-3-5-7-13/h3-7,14-15H,8-12H2,1-2H3. The number of hydrogen-bond donors (Lipinski definition) is 0. The molecule has 1 saturated heterocycles. The van der Waals surface area contributed by atoms with Crippen molar-refractivity contribution >= 4 is 10.2 Å². The van der Waals surface area contributed by atoms with E-state index in [1.807, 2.05) is 30.3 Å². The van der Waals surface area contributed by atoms with Crippen LogP contribution < -0.4 is 0 Å². The highest BCUT2D eigenvalue weighted by atomic mass is 32.2. The first-order chi connectivity index (χ1) is 10.00. The van der Waals surface area contributed by atoms with E-state index < -0.39 is 10.2 Å². The van der Waals surface area contributed by atoms with Crippen molar-refractivity contribution in [3.05, 3.63) is 35.9 Å². The molecule has 1 aromatic carbocycles. The molecule has 0 bridgehead atoms. The van der Waals surface area contributed by atoms with Gasteiger partial charge in [-0.15, -0.1) is 0 Å². The van der Waals surface area contributed by atoms with Crippen LogP contribution in [0.1, 0.15) is 24.4 Å². The van der Waals surface area contributed by atoms with Crippen molar-refractivity contribution in [3.8, 4) is 0 Å². The summed E-state index contributed by atoms with van der Waals surface area (Å²) in [4.78, 5) is 2.44. The molecule has 1 unspecified atom stereocenters. The summed E-state index contributed by atoms with van der Waals surface area (Å²) >= 11 is 0. The molecule has 1 saturated carbocycles. The summed E-state index contributed by atoms with van der Waals surface area (Å²) in [6.45, 7) is 2.19. The number of piperazine rings is 1. The third-order valence-corrected chi connectivity index (χ3v) is 6.32. The van der Waals surface area contributed by atoms with Gasteiger partial charge < -0.3 is 0 Å². The van der Waals surface area contributed by atoms with Gasteiger partial charge >= 0.3 is 0 Å². The SMILES string of the molecule is CN(C)S(=O)(=O)N1CCN(C2CC2)CC1c1ccccc1. The normalized spacial score (nSPS) is 25.4. The van der Waals surface area contributed by atoms with Gasteiger partial charge in [-0.05, 0) is 18.4 Å². The van der Waals surface area contributed by atoms with Crippen LogP contribution in [0.5, 0.6) is 0 Å². The lowest BCUT2D eigenvalue weighted by atomic mass is 10.0. The molecule has 1 aliphatic heterocycles. The van der Waals surface area contributed by atoms with Crippen molar-refractivity contribution in [2.75, 3.05) is 33.7 Å². The van der Waals surface area contributed by atoms with Gasteiger partial charge in [0, 0.05) is 39.8 Å². The summed E-state index contributed by atoms with van der Waals surface area (Å²) < 4.78 is 28.2. The fraction of sp³-hybridized carbons (Fsp3) is 0.600. The molecule has 0 amide bonds. The number of benzene rings is 1. The van der Waals surface area contributed by atoms with E-state index >= 15 is 0 Å². The third-order valence-electron chi connectivity index (χ3n) is 4.37. The van der Waals surface area contributed by atoms with Crippen LogP contribution in [-0.4, -0.2) is 61.7 Å². The topological polar surface area (TPSA) is 43.9 Å². The Bertz CT molecular complexity index is 584. The van der Waals surface area contributed by atoms with E-state index in [0.29, 0.717) is 12.6 Å². The van der Waals surface area contributed by atoms with Crippen LogP contribution in [-0.2, 0) is 10.2 Å². The second-order valence-corrected chi connectivity index (χ2v) is 8.15. The molecule has 1 aliphatic carbocycles. The lowest BCUT2D eigenvalue weighted by Gasteiger charge is -2.41. The molecule has 116 valence electrons. The first kappa shape index (κ1) is 15.0. The Kier molecular flexibility index (Phi) is 4.05. The molecule has 1 aromatic rings. The van der Waals surface area contributed by atoms with Gasteiger partial charge in [-0.2, -0.15) is 17.0 Å². The van der Waals surface area contributed by atoms with Gasteiger partial charge in [-0.1, -0.05) is 30.3 Å². The van der Waals surface area contributed by atoms with E-state index in [2.05, 4.69) is 4.90 Å². The van der Waals surface area contributed by atoms with E-state index in [9.17, 15) is 8.42 Å². The average Bonchev–Trinajstić information content (AvgIpc) is 3.32. The number of nitrogens with zero attached hydrogens (tertiary/aromatic N) is 3. The van der Waals surface area contributed by atoms with Crippen LogP contribution in [0.2, 0.25) is 0 Å². The summed E-state index contributed by atoms with van der Waals surface area (Å²) in [6, 6.07) is 10.6. The molecule has 2 fully saturated rings. The highest BCUT2D eigenvalue weighted by molar-refractivity contribution is 7.86. The first-order valence-electron chi connectivity index (χ1n) is 7.48. The van der Waals surface area contributed by atoms with Crippen molar-refractivity contribution in [1.82, 2.24) is 13.5 Å². The summed E-state index contributed by atoms with van der Waals surface area (Å²) in [6.07, 6.45) is 2.50.